The summed E-state index contributed by atoms with van der Waals surface area (Å²) in [6.07, 6.45) is 2.56. The Labute approximate surface area is 101 Å². The van der Waals surface area contributed by atoms with Crippen molar-refractivity contribution in [3.05, 3.63) is 28.8 Å². The Balaban J connectivity index is 0.000000963. The van der Waals surface area contributed by atoms with Gasteiger partial charge in [-0.2, -0.15) is 0 Å². The number of hydrogen-bond acceptors (Lipinski definition) is 3. The molecule has 2 aliphatic rings. The third kappa shape index (κ3) is 1.79. The van der Waals surface area contributed by atoms with Gasteiger partial charge >= 0.3 is 0 Å². The summed E-state index contributed by atoms with van der Waals surface area (Å²) < 4.78 is 5.42. The molecule has 2 unspecified atom stereocenters. The number of aliphatic hydroxyl groups is 1. The van der Waals surface area contributed by atoms with Crippen molar-refractivity contribution in [1.29, 1.82) is 0 Å². The van der Waals surface area contributed by atoms with Gasteiger partial charge in [0, 0.05) is 11.6 Å². The summed E-state index contributed by atoms with van der Waals surface area (Å²) in [4.78, 5) is 0. The zero-order valence-electron chi connectivity index (χ0n) is 8.98. The summed E-state index contributed by atoms with van der Waals surface area (Å²) >= 11 is 0. The van der Waals surface area contributed by atoms with Gasteiger partial charge in [-0.05, 0) is 42.5 Å². The largest absolute Gasteiger partial charge is 0.490 e. The van der Waals surface area contributed by atoms with Crippen LogP contribution < -0.4 is 10.5 Å². The molecule has 3 nitrogen and oxygen atoms in total. The van der Waals surface area contributed by atoms with Gasteiger partial charge in [0.1, 0.15) is 18.5 Å². The first kappa shape index (κ1) is 11.7. The van der Waals surface area contributed by atoms with Crippen LogP contribution >= 0.6 is 12.4 Å². The SMILES string of the molecule is Cl.NC1CCc2cc3c(cc2C1)OCC3O. The molecule has 1 aliphatic carbocycles. The minimum atomic E-state index is -0.444. The Morgan fingerprint density at radius 1 is 1.31 bits per heavy atom. The van der Waals surface area contributed by atoms with E-state index >= 15 is 0 Å². The summed E-state index contributed by atoms with van der Waals surface area (Å²) in [7, 11) is 0. The monoisotopic (exact) mass is 241 g/mol. The molecule has 16 heavy (non-hydrogen) atoms. The lowest BCUT2D eigenvalue weighted by atomic mass is 9.87. The molecule has 0 fully saturated rings. The minimum Gasteiger partial charge on any atom is -0.490 e. The van der Waals surface area contributed by atoms with Crippen molar-refractivity contribution in [3.63, 3.8) is 0 Å². The van der Waals surface area contributed by atoms with E-state index in [9.17, 15) is 5.11 Å². The van der Waals surface area contributed by atoms with Crippen LogP contribution in [0.1, 0.15) is 29.2 Å². The van der Waals surface area contributed by atoms with E-state index in [0.717, 1.165) is 30.6 Å². The van der Waals surface area contributed by atoms with Gasteiger partial charge in [0.25, 0.3) is 0 Å². The normalized spacial score (nSPS) is 26.4. The lowest BCUT2D eigenvalue weighted by molar-refractivity contribution is 0.140. The highest BCUT2D eigenvalue weighted by molar-refractivity contribution is 5.85. The van der Waals surface area contributed by atoms with Crippen molar-refractivity contribution < 1.29 is 9.84 Å². The van der Waals surface area contributed by atoms with E-state index < -0.39 is 6.10 Å². The van der Waals surface area contributed by atoms with Gasteiger partial charge in [0.05, 0.1) is 0 Å². The first-order chi connectivity index (χ1) is 7.24. The van der Waals surface area contributed by atoms with Crippen LogP contribution in [-0.4, -0.2) is 17.8 Å². The van der Waals surface area contributed by atoms with E-state index in [1.54, 1.807) is 0 Å². The van der Waals surface area contributed by atoms with Gasteiger partial charge in [-0.15, -0.1) is 12.4 Å². The Morgan fingerprint density at radius 2 is 2.12 bits per heavy atom. The predicted octanol–water partition coefficient (Wildman–Crippen LogP) is 1.35. The predicted molar refractivity (Wildman–Crippen MR) is 64.1 cm³/mol. The highest BCUT2D eigenvalue weighted by Crippen LogP contribution is 2.36. The maximum absolute atomic E-state index is 9.69. The van der Waals surface area contributed by atoms with Gasteiger partial charge in [-0.3, -0.25) is 0 Å². The van der Waals surface area contributed by atoms with Gasteiger partial charge < -0.3 is 15.6 Å². The van der Waals surface area contributed by atoms with Crippen molar-refractivity contribution in [3.8, 4) is 5.75 Å². The van der Waals surface area contributed by atoms with E-state index in [1.165, 1.54) is 11.1 Å². The molecule has 0 radical (unpaired) electrons. The molecular weight excluding hydrogens is 226 g/mol. The van der Waals surface area contributed by atoms with Crippen molar-refractivity contribution in [1.82, 2.24) is 0 Å². The fourth-order valence-electron chi connectivity index (χ4n) is 2.48. The van der Waals surface area contributed by atoms with Gasteiger partial charge in [0.2, 0.25) is 0 Å². The molecular formula is C12H16ClNO2. The van der Waals surface area contributed by atoms with Crippen LogP contribution in [0.15, 0.2) is 12.1 Å². The molecule has 0 saturated heterocycles. The molecule has 0 bridgehead atoms. The quantitative estimate of drug-likeness (QED) is 0.721. The average Bonchev–Trinajstić information content (AvgIpc) is 2.57. The number of rotatable bonds is 0. The first-order valence-electron chi connectivity index (χ1n) is 5.46. The van der Waals surface area contributed by atoms with Crippen LogP contribution in [0.5, 0.6) is 5.75 Å². The van der Waals surface area contributed by atoms with E-state index in [4.69, 9.17) is 10.5 Å². The lowest BCUT2D eigenvalue weighted by Gasteiger charge is -2.22. The number of benzene rings is 1. The fourth-order valence-corrected chi connectivity index (χ4v) is 2.48. The zero-order valence-corrected chi connectivity index (χ0v) is 9.80. The number of aliphatic hydroxyl groups excluding tert-OH is 1. The third-order valence-corrected chi connectivity index (χ3v) is 3.35. The second-order valence-corrected chi connectivity index (χ2v) is 4.49. The topological polar surface area (TPSA) is 55.5 Å². The Bertz CT molecular complexity index is 408. The van der Waals surface area contributed by atoms with E-state index in [-0.39, 0.29) is 18.4 Å². The minimum absolute atomic E-state index is 0. The maximum Gasteiger partial charge on any atom is 0.125 e. The van der Waals surface area contributed by atoms with Crippen molar-refractivity contribution in [2.45, 2.75) is 31.4 Å². The Kier molecular flexibility index (Phi) is 3.10. The van der Waals surface area contributed by atoms with Crippen molar-refractivity contribution in [2.24, 2.45) is 5.73 Å². The molecule has 1 aromatic rings. The molecule has 2 atom stereocenters. The molecule has 0 aromatic heterocycles. The number of nitrogens with two attached hydrogens (primary N) is 1. The molecule has 88 valence electrons. The third-order valence-electron chi connectivity index (χ3n) is 3.35. The fraction of sp³-hybridized carbons (Fsp3) is 0.500. The average molecular weight is 242 g/mol. The van der Waals surface area contributed by atoms with Gasteiger partial charge in [0.15, 0.2) is 0 Å². The molecule has 0 spiro atoms. The number of halogens is 1. The summed E-state index contributed by atoms with van der Waals surface area (Å²) in [5.41, 5.74) is 9.51. The highest BCUT2D eigenvalue weighted by atomic mass is 35.5. The molecule has 3 rings (SSSR count). The number of fused-ring (bicyclic) bond motifs is 2. The summed E-state index contributed by atoms with van der Waals surface area (Å²) in [6, 6.07) is 4.43. The number of aryl methyl sites for hydroxylation is 1. The molecule has 4 heteroatoms. The van der Waals surface area contributed by atoms with Gasteiger partial charge in [-0.25, -0.2) is 0 Å². The van der Waals surface area contributed by atoms with E-state index in [2.05, 4.69) is 12.1 Å². The summed E-state index contributed by atoms with van der Waals surface area (Å²) in [5, 5.41) is 9.69. The van der Waals surface area contributed by atoms with Crippen LogP contribution in [0.25, 0.3) is 0 Å². The van der Waals surface area contributed by atoms with Crippen LogP contribution in [-0.2, 0) is 12.8 Å². The molecule has 0 amide bonds. The summed E-state index contributed by atoms with van der Waals surface area (Å²) in [5.74, 6) is 0.843. The molecule has 1 aliphatic heterocycles. The standard InChI is InChI=1S/C12H15NO2.ClH/c13-9-2-1-7-4-10-11(14)6-15-12(10)5-8(7)3-9;/h4-5,9,11,14H,1-3,6,13H2;1H. The highest BCUT2D eigenvalue weighted by Gasteiger charge is 2.25. The Morgan fingerprint density at radius 3 is 2.94 bits per heavy atom. The van der Waals surface area contributed by atoms with E-state index in [1.807, 2.05) is 0 Å². The van der Waals surface area contributed by atoms with Crippen LogP contribution in [0, 0.1) is 0 Å². The number of hydrogen-bond donors (Lipinski definition) is 2. The molecule has 1 aromatic carbocycles. The lowest BCUT2D eigenvalue weighted by Crippen LogP contribution is -2.27. The second kappa shape index (κ2) is 4.24. The van der Waals surface area contributed by atoms with E-state index in [0.29, 0.717) is 6.61 Å². The smallest absolute Gasteiger partial charge is 0.125 e. The summed E-state index contributed by atoms with van der Waals surface area (Å²) in [6.45, 7) is 0.393. The molecule has 3 N–H and O–H groups in total. The van der Waals surface area contributed by atoms with Crippen molar-refractivity contribution >= 4 is 12.4 Å². The van der Waals surface area contributed by atoms with Gasteiger partial charge in [-0.1, -0.05) is 0 Å². The zero-order chi connectivity index (χ0) is 10.4. The second-order valence-electron chi connectivity index (χ2n) is 4.49. The number of ether oxygens (including phenoxy) is 1. The van der Waals surface area contributed by atoms with Crippen LogP contribution in [0.4, 0.5) is 0 Å². The maximum atomic E-state index is 9.69. The molecule has 1 heterocycles. The van der Waals surface area contributed by atoms with Crippen LogP contribution in [0.2, 0.25) is 0 Å². The first-order valence-corrected chi connectivity index (χ1v) is 5.46. The van der Waals surface area contributed by atoms with Crippen LogP contribution in [0.3, 0.4) is 0 Å². The molecule has 0 saturated carbocycles. The Hall–Kier alpha value is -0.770. The van der Waals surface area contributed by atoms with Crippen molar-refractivity contribution in [2.75, 3.05) is 6.61 Å².